The largest absolute Gasteiger partial charge is 0.383 e. The van der Waals surface area contributed by atoms with E-state index in [-0.39, 0.29) is 24.4 Å². The Labute approximate surface area is 154 Å². The molecule has 2 rings (SSSR count). The first-order chi connectivity index (χ1) is 12.5. The molecule has 2 aromatic rings. The predicted molar refractivity (Wildman–Crippen MR) is 101 cm³/mol. The number of aryl methyl sites for hydroxylation is 1. The van der Waals surface area contributed by atoms with Crippen molar-refractivity contribution in [3.8, 4) is 0 Å². The van der Waals surface area contributed by atoms with Crippen LogP contribution in [0, 0.1) is 13.8 Å². The smallest absolute Gasteiger partial charge is 0.253 e. The van der Waals surface area contributed by atoms with Crippen LogP contribution < -0.4 is 10.6 Å². The second kappa shape index (κ2) is 9.20. The zero-order valence-corrected chi connectivity index (χ0v) is 15.8. The van der Waals surface area contributed by atoms with Crippen LogP contribution in [0.4, 0.5) is 0 Å². The number of hydrogen-bond donors (Lipinski definition) is 2. The van der Waals surface area contributed by atoms with Gasteiger partial charge in [0, 0.05) is 25.0 Å². The average Bonchev–Trinajstić information content (AvgIpc) is 2.94. The number of nitrogens with zero attached hydrogens (tertiary/aromatic N) is 1. The molecule has 6 heteroatoms. The van der Waals surface area contributed by atoms with Crippen LogP contribution in [0.2, 0.25) is 0 Å². The van der Waals surface area contributed by atoms with Gasteiger partial charge in [-0.1, -0.05) is 30.3 Å². The van der Waals surface area contributed by atoms with E-state index in [0.717, 1.165) is 11.4 Å². The lowest BCUT2D eigenvalue weighted by atomic mass is 10.1. The lowest BCUT2D eigenvalue weighted by Crippen LogP contribution is -2.38. The van der Waals surface area contributed by atoms with Crippen molar-refractivity contribution in [2.45, 2.75) is 26.8 Å². The van der Waals surface area contributed by atoms with E-state index < -0.39 is 0 Å². The van der Waals surface area contributed by atoms with Gasteiger partial charge in [-0.05, 0) is 32.4 Å². The Balaban J connectivity index is 2.07. The van der Waals surface area contributed by atoms with Crippen molar-refractivity contribution in [2.24, 2.45) is 0 Å². The molecule has 0 saturated carbocycles. The topological polar surface area (TPSA) is 72.4 Å². The predicted octanol–water partition coefficient (Wildman–Crippen LogP) is 2.21. The molecule has 140 valence electrons. The zero-order valence-electron chi connectivity index (χ0n) is 15.8. The van der Waals surface area contributed by atoms with E-state index in [9.17, 15) is 9.59 Å². The summed E-state index contributed by atoms with van der Waals surface area (Å²) in [5.41, 5.74) is 3.67. The summed E-state index contributed by atoms with van der Waals surface area (Å²) in [4.78, 5) is 24.2. The summed E-state index contributed by atoms with van der Waals surface area (Å²) in [6.07, 6.45) is 0. The van der Waals surface area contributed by atoms with Gasteiger partial charge in [0.15, 0.2) is 0 Å². The molecule has 1 aromatic carbocycles. The van der Waals surface area contributed by atoms with Gasteiger partial charge < -0.3 is 19.9 Å². The average molecular weight is 357 g/mol. The maximum Gasteiger partial charge on any atom is 0.253 e. The van der Waals surface area contributed by atoms with Gasteiger partial charge >= 0.3 is 0 Å². The number of ether oxygens (including phenoxy) is 1. The van der Waals surface area contributed by atoms with Crippen molar-refractivity contribution in [3.05, 3.63) is 58.9 Å². The van der Waals surface area contributed by atoms with Crippen LogP contribution in [0.5, 0.6) is 0 Å². The van der Waals surface area contributed by atoms with Crippen molar-refractivity contribution in [2.75, 3.05) is 26.8 Å². The Morgan fingerprint density at radius 1 is 1.15 bits per heavy atom. The molecule has 1 aromatic heterocycles. The molecule has 0 bridgehead atoms. The Hall–Kier alpha value is -2.60. The first-order valence-corrected chi connectivity index (χ1v) is 8.73. The fourth-order valence-corrected chi connectivity index (χ4v) is 3.09. The summed E-state index contributed by atoms with van der Waals surface area (Å²) in [5.74, 6) is -0.478. The van der Waals surface area contributed by atoms with Gasteiger partial charge in [0.05, 0.1) is 24.8 Å². The normalized spacial score (nSPS) is 11.8. The minimum atomic E-state index is -0.244. The number of benzene rings is 1. The molecule has 0 radical (unpaired) electrons. The lowest BCUT2D eigenvalue weighted by molar-refractivity contribution is -0.120. The van der Waals surface area contributed by atoms with Gasteiger partial charge in [0.25, 0.3) is 5.91 Å². The standard InChI is InChI=1S/C20H27N3O3/c1-14-12-18(20(25)22-13-19(24)21-10-11-26-4)16(3)23(14)15(2)17-8-6-5-7-9-17/h5-9,12,15H,10-11,13H2,1-4H3,(H,21,24)(H,22,25). The number of rotatable bonds is 8. The molecule has 0 saturated heterocycles. The molecule has 1 unspecified atom stereocenters. The first-order valence-electron chi connectivity index (χ1n) is 8.73. The highest BCUT2D eigenvalue weighted by atomic mass is 16.5. The van der Waals surface area contributed by atoms with Gasteiger partial charge in [0.2, 0.25) is 5.91 Å². The molecule has 0 aliphatic carbocycles. The van der Waals surface area contributed by atoms with Crippen molar-refractivity contribution >= 4 is 11.8 Å². The van der Waals surface area contributed by atoms with Crippen molar-refractivity contribution in [1.82, 2.24) is 15.2 Å². The zero-order chi connectivity index (χ0) is 19.1. The molecule has 6 nitrogen and oxygen atoms in total. The third kappa shape index (κ3) is 4.73. The number of carbonyl (C=O) groups excluding carboxylic acids is 2. The third-order valence-electron chi connectivity index (χ3n) is 4.44. The second-order valence-electron chi connectivity index (χ2n) is 6.27. The second-order valence-corrected chi connectivity index (χ2v) is 6.27. The number of amides is 2. The highest BCUT2D eigenvalue weighted by Crippen LogP contribution is 2.25. The van der Waals surface area contributed by atoms with E-state index >= 15 is 0 Å². The highest BCUT2D eigenvalue weighted by Gasteiger charge is 2.19. The van der Waals surface area contributed by atoms with Crippen LogP contribution in [0.1, 0.15) is 40.3 Å². The monoisotopic (exact) mass is 357 g/mol. The summed E-state index contributed by atoms with van der Waals surface area (Å²) < 4.78 is 7.01. The van der Waals surface area contributed by atoms with Crippen LogP contribution in [0.15, 0.2) is 36.4 Å². The lowest BCUT2D eigenvalue weighted by Gasteiger charge is -2.19. The molecule has 2 N–H and O–H groups in total. The molecule has 2 amide bonds. The van der Waals surface area contributed by atoms with Crippen LogP contribution in [-0.2, 0) is 9.53 Å². The van der Waals surface area contributed by atoms with Gasteiger partial charge in [-0.2, -0.15) is 0 Å². The Bertz CT molecular complexity index is 753. The third-order valence-corrected chi connectivity index (χ3v) is 4.44. The number of hydrogen-bond acceptors (Lipinski definition) is 3. The van der Waals surface area contributed by atoms with Crippen LogP contribution in [-0.4, -0.2) is 43.2 Å². The quantitative estimate of drug-likeness (QED) is 0.712. The Kier molecular flexibility index (Phi) is 6.97. The van der Waals surface area contributed by atoms with E-state index in [0.29, 0.717) is 18.7 Å². The molecule has 26 heavy (non-hydrogen) atoms. The maximum atomic E-state index is 12.5. The van der Waals surface area contributed by atoms with Crippen molar-refractivity contribution in [1.29, 1.82) is 0 Å². The number of methoxy groups -OCH3 is 1. The van der Waals surface area contributed by atoms with Gasteiger partial charge in [-0.15, -0.1) is 0 Å². The van der Waals surface area contributed by atoms with E-state index in [1.165, 1.54) is 5.56 Å². The van der Waals surface area contributed by atoms with Crippen LogP contribution >= 0.6 is 0 Å². The van der Waals surface area contributed by atoms with Crippen LogP contribution in [0.3, 0.4) is 0 Å². The number of aromatic nitrogens is 1. The van der Waals surface area contributed by atoms with Crippen LogP contribution in [0.25, 0.3) is 0 Å². The first kappa shape index (κ1) is 19.7. The summed E-state index contributed by atoms with van der Waals surface area (Å²) >= 11 is 0. The molecular weight excluding hydrogens is 330 g/mol. The Morgan fingerprint density at radius 3 is 2.50 bits per heavy atom. The molecule has 0 fully saturated rings. The van der Waals surface area contributed by atoms with E-state index in [2.05, 4.69) is 34.3 Å². The molecule has 1 heterocycles. The van der Waals surface area contributed by atoms with Gasteiger partial charge in [0.1, 0.15) is 0 Å². The van der Waals surface area contributed by atoms with E-state index in [4.69, 9.17) is 4.74 Å². The fraction of sp³-hybridized carbons (Fsp3) is 0.400. The fourth-order valence-electron chi connectivity index (χ4n) is 3.09. The van der Waals surface area contributed by atoms with Gasteiger partial charge in [-0.25, -0.2) is 0 Å². The summed E-state index contributed by atoms with van der Waals surface area (Å²) in [7, 11) is 1.57. The van der Waals surface area contributed by atoms with Crippen molar-refractivity contribution < 1.29 is 14.3 Å². The maximum absolute atomic E-state index is 12.5. The molecule has 1 atom stereocenters. The molecule has 0 spiro atoms. The Morgan fingerprint density at radius 2 is 1.85 bits per heavy atom. The SMILES string of the molecule is COCCNC(=O)CNC(=O)c1cc(C)n(C(C)c2ccccc2)c1C. The van der Waals surface area contributed by atoms with E-state index in [1.807, 2.05) is 38.1 Å². The molecular formula is C20H27N3O3. The summed E-state index contributed by atoms with van der Waals surface area (Å²) in [5, 5.41) is 5.36. The molecule has 0 aliphatic heterocycles. The summed E-state index contributed by atoms with van der Waals surface area (Å²) in [6, 6.07) is 12.2. The molecule has 0 aliphatic rings. The minimum Gasteiger partial charge on any atom is -0.383 e. The number of nitrogens with one attached hydrogen (secondary N) is 2. The van der Waals surface area contributed by atoms with E-state index in [1.54, 1.807) is 7.11 Å². The summed E-state index contributed by atoms with van der Waals surface area (Å²) in [6.45, 7) is 6.84. The number of carbonyl (C=O) groups is 2. The minimum absolute atomic E-state index is 0.0551. The highest BCUT2D eigenvalue weighted by molar-refractivity contribution is 5.97. The van der Waals surface area contributed by atoms with Gasteiger partial charge in [-0.3, -0.25) is 9.59 Å². The van der Waals surface area contributed by atoms with Crippen molar-refractivity contribution in [3.63, 3.8) is 0 Å².